The fraction of sp³-hybridized carbons (Fsp3) is 0.375. The Labute approximate surface area is 189 Å². The Morgan fingerprint density at radius 2 is 1.88 bits per heavy atom. The Hall–Kier alpha value is -2.64. The van der Waals surface area contributed by atoms with E-state index in [1.807, 2.05) is 0 Å². The molecule has 0 bridgehead atoms. The van der Waals surface area contributed by atoms with Crippen LogP contribution in [0.1, 0.15) is 42.9 Å². The zero-order valence-corrected chi connectivity index (χ0v) is 18.4. The largest absolute Gasteiger partial charge is 0.481 e. The summed E-state index contributed by atoms with van der Waals surface area (Å²) in [7, 11) is 1.65. The van der Waals surface area contributed by atoms with E-state index in [2.05, 4.69) is 5.32 Å². The lowest BCUT2D eigenvalue weighted by Crippen LogP contribution is -2.41. The molecule has 8 heteroatoms. The van der Waals surface area contributed by atoms with Gasteiger partial charge < -0.3 is 14.6 Å². The molecule has 1 N–H and O–H groups in total. The first-order valence-corrected chi connectivity index (χ1v) is 11.2. The van der Waals surface area contributed by atoms with E-state index < -0.39 is 11.9 Å². The van der Waals surface area contributed by atoms with Crippen molar-refractivity contribution in [2.24, 2.45) is 7.05 Å². The van der Waals surface area contributed by atoms with Gasteiger partial charge in [0.2, 0.25) is 0 Å². The lowest BCUT2D eigenvalue weighted by Gasteiger charge is -2.26. The van der Waals surface area contributed by atoms with Crippen LogP contribution in [0.25, 0.3) is 5.69 Å². The number of ether oxygens (including phenoxy) is 1. The number of benzene rings is 2. The maximum Gasteiger partial charge on any atom is 0.332 e. The molecular formula is C24H24ClF2N3O2. The van der Waals surface area contributed by atoms with Gasteiger partial charge in [-0.15, -0.1) is 0 Å². The SMILES string of the molecule is Cn1ccn(-c2ccc(F)c(OC3c4cc(Cl)cc(F)c4CC3NC3CCCC3)c2)c1=O. The maximum atomic E-state index is 14.8. The van der Waals surface area contributed by atoms with Crippen molar-refractivity contribution in [3.05, 3.63) is 81.0 Å². The smallest absolute Gasteiger partial charge is 0.332 e. The van der Waals surface area contributed by atoms with Crippen molar-refractivity contribution in [2.45, 2.75) is 50.3 Å². The summed E-state index contributed by atoms with van der Waals surface area (Å²) in [5.74, 6) is -0.912. The van der Waals surface area contributed by atoms with E-state index in [-0.39, 0.29) is 28.3 Å². The Morgan fingerprint density at radius 1 is 1.09 bits per heavy atom. The van der Waals surface area contributed by atoms with Crippen LogP contribution < -0.4 is 15.7 Å². The van der Waals surface area contributed by atoms with Gasteiger partial charge in [-0.3, -0.25) is 4.57 Å². The van der Waals surface area contributed by atoms with Gasteiger partial charge in [0.05, 0.1) is 11.7 Å². The van der Waals surface area contributed by atoms with E-state index in [0.717, 1.165) is 25.7 Å². The first kappa shape index (κ1) is 21.2. The van der Waals surface area contributed by atoms with Gasteiger partial charge in [-0.05, 0) is 49.1 Å². The molecule has 0 amide bonds. The van der Waals surface area contributed by atoms with Crippen LogP contribution in [-0.4, -0.2) is 21.2 Å². The van der Waals surface area contributed by atoms with Gasteiger partial charge in [0.1, 0.15) is 11.9 Å². The summed E-state index contributed by atoms with van der Waals surface area (Å²) in [6.07, 6.45) is 7.52. The Balaban J connectivity index is 1.51. The van der Waals surface area contributed by atoms with Crippen LogP contribution in [0.3, 0.4) is 0 Å². The molecule has 5 rings (SSSR count). The van der Waals surface area contributed by atoms with Crippen molar-refractivity contribution in [1.29, 1.82) is 0 Å². The topological polar surface area (TPSA) is 48.2 Å². The molecule has 2 atom stereocenters. The minimum absolute atomic E-state index is 0.00899. The molecule has 1 aromatic heterocycles. The van der Waals surface area contributed by atoms with Crippen LogP contribution >= 0.6 is 11.6 Å². The highest BCUT2D eigenvalue weighted by Gasteiger charge is 2.38. The fourth-order valence-corrected chi connectivity index (χ4v) is 5.07. The van der Waals surface area contributed by atoms with Gasteiger partial charge in [-0.2, -0.15) is 0 Å². The molecule has 168 valence electrons. The summed E-state index contributed by atoms with van der Waals surface area (Å²) in [5, 5.41) is 3.88. The van der Waals surface area contributed by atoms with Gasteiger partial charge in [-0.1, -0.05) is 24.4 Å². The van der Waals surface area contributed by atoms with E-state index in [0.29, 0.717) is 29.3 Å². The normalized spacial score (nSPS) is 20.6. The van der Waals surface area contributed by atoms with Crippen LogP contribution in [-0.2, 0) is 13.5 Å². The Kier molecular flexibility index (Phi) is 5.55. The third-order valence-electron chi connectivity index (χ3n) is 6.49. The highest BCUT2D eigenvalue weighted by Crippen LogP contribution is 2.40. The highest BCUT2D eigenvalue weighted by molar-refractivity contribution is 6.30. The second kappa shape index (κ2) is 8.37. The highest BCUT2D eigenvalue weighted by atomic mass is 35.5. The standard InChI is InChI=1S/C24H24ClF2N3O2/c1-29-8-9-30(24(29)31)16-6-7-19(26)22(12-16)32-23-18-10-14(25)11-20(27)17(18)13-21(23)28-15-4-2-3-5-15/h6-12,15,21,23,28H,2-5,13H2,1H3. The molecule has 1 heterocycles. The Bertz CT molecular complexity index is 1220. The number of aromatic nitrogens is 2. The lowest BCUT2D eigenvalue weighted by molar-refractivity contribution is 0.153. The first-order chi connectivity index (χ1) is 15.4. The number of imidazole rings is 1. The molecule has 0 spiro atoms. The average molecular weight is 460 g/mol. The molecule has 2 unspecified atom stereocenters. The predicted molar refractivity (Wildman–Crippen MR) is 119 cm³/mol. The summed E-state index contributed by atoms with van der Waals surface area (Å²) in [5.41, 5.74) is 1.42. The monoisotopic (exact) mass is 459 g/mol. The molecule has 2 aliphatic carbocycles. The average Bonchev–Trinajstić information content (AvgIpc) is 3.47. The number of rotatable bonds is 5. The first-order valence-electron chi connectivity index (χ1n) is 10.8. The fourth-order valence-electron chi connectivity index (χ4n) is 4.85. The number of halogens is 3. The predicted octanol–water partition coefficient (Wildman–Crippen LogP) is 4.68. The van der Waals surface area contributed by atoms with Gasteiger partial charge in [0.25, 0.3) is 0 Å². The van der Waals surface area contributed by atoms with Crippen molar-refractivity contribution in [2.75, 3.05) is 0 Å². The molecule has 1 fully saturated rings. The lowest BCUT2D eigenvalue weighted by atomic mass is 10.1. The van der Waals surface area contributed by atoms with E-state index in [1.54, 1.807) is 25.5 Å². The third-order valence-corrected chi connectivity index (χ3v) is 6.71. The second-order valence-corrected chi connectivity index (χ2v) is 9.07. The second-order valence-electron chi connectivity index (χ2n) is 8.63. The van der Waals surface area contributed by atoms with Crippen molar-refractivity contribution in [3.63, 3.8) is 0 Å². The third kappa shape index (κ3) is 3.84. The van der Waals surface area contributed by atoms with E-state index >= 15 is 0 Å². The van der Waals surface area contributed by atoms with Gasteiger partial charge in [0.15, 0.2) is 11.6 Å². The molecule has 2 aromatic carbocycles. The van der Waals surface area contributed by atoms with E-state index in [4.69, 9.17) is 16.3 Å². The summed E-state index contributed by atoms with van der Waals surface area (Å²) < 4.78 is 38.5. The van der Waals surface area contributed by atoms with Crippen LogP contribution in [0.15, 0.2) is 47.5 Å². The molecule has 5 nitrogen and oxygen atoms in total. The molecule has 32 heavy (non-hydrogen) atoms. The maximum absolute atomic E-state index is 14.8. The number of fused-ring (bicyclic) bond motifs is 1. The van der Waals surface area contributed by atoms with Crippen molar-refractivity contribution in [3.8, 4) is 11.4 Å². The summed E-state index contributed by atoms with van der Waals surface area (Å²) in [6, 6.07) is 7.43. The summed E-state index contributed by atoms with van der Waals surface area (Å²) in [6.45, 7) is 0. The molecular weight excluding hydrogens is 436 g/mol. The minimum atomic E-state index is -0.601. The minimum Gasteiger partial charge on any atom is -0.481 e. The Morgan fingerprint density at radius 3 is 2.59 bits per heavy atom. The summed E-state index contributed by atoms with van der Waals surface area (Å²) in [4.78, 5) is 12.3. The molecule has 0 aliphatic heterocycles. The quantitative estimate of drug-likeness (QED) is 0.602. The molecule has 3 aromatic rings. The van der Waals surface area contributed by atoms with Crippen LogP contribution in [0.4, 0.5) is 8.78 Å². The van der Waals surface area contributed by atoms with Crippen molar-refractivity contribution >= 4 is 11.6 Å². The number of hydrogen-bond acceptors (Lipinski definition) is 3. The van der Waals surface area contributed by atoms with Crippen LogP contribution in [0.2, 0.25) is 5.02 Å². The molecule has 0 radical (unpaired) electrons. The number of aryl methyl sites for hydroxylation is 1. The number of nitrogens with zero attached hydrogens (tertiary/aromatic N) is 2. The van der Waals surface area contributed by atoms with Crippen molar-refractivity contribution in [1.82, 2.24) is 14.5 Å². The molecule has 1 saturated carbocycles. The zero-order valence-electron chi connectivity index (χ0n) is 17.7. The summed E-state index contributed by atoms with van der Waals surface area (Å²) >= 11 is 6.14. The zero-order chi connectivity index (χ0) is 22.4. The van der Waals surface area contributed by atoms with E-state index in [9.17, 15) is 13.6 Å². The van der Waals surface area contributed by atoms with Gasteiger partial charge >= 0.3 is 5.69 Å². The van der Waals surface area contributed by atoms with Crippen LogP contribution in [0.5, 0.6) is 5.75 Å². The van der Waals surface area contributed by atoms with Crippen molar-refractivity contribution < 1.29 is 13.5 Å². The van der Waals surface area contributed by atoms with Crippen LogP contribution in [0, 0.1) is 11.6 Å². The number of nitrogens with one attached hydrogen (secondary N) is 1. The molecule has 0 saturated heterocycles. The number of hydrogen-bond donors (Lipinski definition) is 1. The van der Waals surface area contributed by atoms with E-state index in [1.165, 1.54) is 33.4 Å². The van der Waals surface area contributed by atoms with Gasteiger partial charge in [-0.25, -0.2) is 13.6 Å². The molecule has 2 aliphatic rings. The van der Waals surface area contributed by atoms with Gasteiger partial charge in [0, 0.05) is 42.1 Å².